The Balaban J connectivity index is 1.53. The molecule has 152 valence electrons. The Hall–Kier alpha value is -1.33. The summed E-state index contributed by atoms with van der Waals surface area (Å²) in [5.41, 5.74) is 0.433. The third-order valence-electron chi connectivity index (χ3n) is 5.59. The Morgan fingerprint density at radius 3 is 2.71 bits per heavy atom. The molecule has 0 saturated heterocycles. The molecule has 2 aromatic heterocycles. The van der Waals surface area contributed by atoms with Crippen molar-refractivity contribution in [3.8, 4) is 0 Å². The van der Waals surface area contributed by atoms with Crippen LogP contribution in [0, 0.1) is 0 Å². The maximum atomic E-state index is 13.2. The standard InChI is InChI=1S/C18H24N4O3S3/c1-21(2)28(24,25)22-10-7-13-14(12-22)27-17(19-13)20-16(23)18(8-3-4-9-18)15-6-5-11-26-15/h5-6,11H,3-4,7-10,12H2,1-2H3,(H,19,20,23). The second-order valence-corrected chi connectivity index (χ2v) is 11.7. The van der Waals surface area contributed by atoms with Crippen LogP contribution in [-0.2, 0) is 33.4 Å². The van der Waals surface area contributed by atoms with E-state index in [-0.39, 0.29) is 5.91 Å². The molecule has 3 heterocycles. The summed E-state index contributed by atoms with van der Waals surface area (Å²) in [5, 5.41) is 5.63. The second-order valence-electron chi connectivity index (χ2n) is 7.48. The molecule has 1 aliphatic carbocycles. The monoisotopic (exact) mass is 440 g/mol. The number of carbonyl (C=O) groups is 1. The summed E-state index contributed by atoms with van der Waals surface area (Å²) in [6, 6.07) is 4.04. The number of hydrogen-bond acceptors (Lipinski definition) is 6. The first-order valence-electron chi connectivity index (χ1n) is 9.34. The maximum absolute atomic E-state index is 13.2. The molecule has 28 heavy (non-hydrogen) atoms. The minimum atomic E-state index is -3.45. The van der Waals surface area contributed by atoms with Crippen LogP contribution in [0.5, 0.6) is 0 Å². The summed E-state index contributed by atoms with van der Waals surface area (Å²) >= 11 is 3.02. The highest BCUT2D eigenvalue weighted by Gasteiger charge is 2.44. The van der Waals surface area contributed by atoms with Gasteiger partial charge in [-0.1, -0.05) is 18.9 Å². The summed E-state index contributed by atoms with van der Waals surface area (Å²) < 4.78 is 27.5. The van der Waals surface area contributed by atoms with E-state index >= 15 is 0 Å². The van der Waals surface area contributed by atoms with E-state index in [0.29, 0.717) is 24.6 Å². The van der Waals surface area contributed by atoms with Crippen LogP contribution in [0.15, 0.2) is 17.5 Å². The minimum Gasteiger partial charge on any atom is -0.301 e. The molecular formula is C18H24N4O3S3. The van der Waals surface area contributed by atoms with Gasteiger partial charge in [-0.15, -0.1) is 22.7 Å². The molecule has 0 radical (unpaired) electrons. The van der Waals surface area contributed by atoms with E-state index in [1.54, 1.807) is 11.3 Å². The number of hydrogen-bond donors (Lipinski definition) is 1. The van der Waals surface area contributed by atoms with Gasteiger partial charge < -0.3 is 5.32 Å². The second kappa shape index (κ2) is 7.49. The highest BCUT2D eigenvalue weighted by Crippen LogP contribution is 2.44. The lowest BCUT2D eigenvalue weighted by molar-refractivity contribution is -0.121. The van der Waals surface area contributed by atoms with Crippen LogP contribution in [0.1, 0.15) is 41.1 Å². The molecule has 0 atom stereocenters. The number of thiophene rings is 1. The van der Waals surface area contributed by atoms with Crippen molar-refractivity contribution in [2.24, 2.45) is 0 Å². The molecule has 7 nitrogen and oxygen atoms in total. The Bertz CT molecular complexity index is 960. The summed E-state index contributed by atoms with van der Waals surface area (Å²) in [6.07, 6.45) is 4.39. The zero-order valence-electron chi connectivity index (χ0n) is 16.0. The number of carbonyl (C=O) groups excluding carboxylic acids is 1. The van der Waals surface area contributed by atoms with E-state index in [0.717, 1.165) is 41.1 Å². The summed E-state index contributed by atoms with van der Waals surface area (Å²) in [7, 11) is -0.376. The van der Waals surface area contributed by atoms with Gasteiger partial charge in [0.05, 0.1) is 17.7 Å². The van der Waals surface area contributed by atoms with Crippen molar-refractivity contribution in [3.05, 3.63) is 33.0 Å². The smallest absolute Gasteiger partial charge is 0.281 e. The first-order chi connectivity index (χ1) is 13.3. The molecule has 10 heteroatoms. The highest BCUT2D eigenvalue weighted by molar-refractivity contribution is 7.86. The number of anilines is 1. The van der Waals surface area contributed by atoms with E-state index in [4.69, 9.17) is 0 Å². The Morgan fingerprint density at radius 1 is 1.32 bits per heavy atom. The highest BCUT2D eigenvalue weighted by atomic mass is 32.2. The van der Waals surface area contributed by atoms with Crippen LogP contribution in [0.2, 0.25) is 0 Å². The van der Waals surface area contributed by atoms with E-state index in [1.807, 2.05) is 17.5 Å². The SMILES string of the molecule is CN(C)S(=O)(=O)N1CCc2nc(NC(=O)C3(c4cccs4)CCCC3)sc2C1. The zero-order valence-corrected chi connectivity index (χ0v) is 18.4. The van der Waals surface area contributed by atoms with Crippen LogP contribution in [0.25, 0.3) is 0 Å². The molecule has 1 saturated carbocycles. The van der Waals surface area contributed by atoms with Gasteiger partial charge >= 0.3 is 0 Å². The number of rotatable bonds is 5. The molecule has 2 aromatic rings. The average molecular weight is 441 g/mol. The fourth-order valence-electron chi connectivity index (χ4n) is 3.98. The molecule has 0 bridgehead atoms. The third kappa shape index (κ3) is 3.41. The topological polar surface area (TPSA) is 82.6 Å². The van der Waals surface area contributed by atoms with Crippen molar-refractivity contribution in [3.63, 3.8) is 0 Å². The number of nitrogens with zero attached hydrogens (tertiary/aromatic N) is 3. The van der Waals surface area contributed by atoms with Crippen LogP contribution >= 0.6 is 22.7 Å². The lowest BCUT2D eigenvalue weighted by Crippen LogP contribution is -2.42. The first-order valence-corrected chi connectivity index (χ1v) is 12.4. The van der Waals surface area contributed by atoms with Gasteiger partial charge in [0.25, 0.3) is 10.2 Å². The van der Waals surface area contributed by atoms with Gasteiger partial charge in [-0.25, -0.2) is 4.98 Å². The Labute approximate surface area is 173 Å². The summed E-state index contributed by atoms with van der Waals surface area (Å²) in [5.74, 6) is 0.0105. The zero-order chi connectivity index (χ0) is 19.9. The molecule has 0 aromatic carbocycles. The minimum absolute atomic E-state index is 0.0105. The molecule has 2 aliphatic rings. The lowest BCUT2D eigenvalue weighted by atomic mass is 9.83. The van der Waals surface area contributed by atoms with Crippen molar-refractivity contribution < 1.29 is 13.2 Å². The largest absolute Gasteiger partial charge is 0.301 e. The number of thiazole rings is 1. The third-order valence-corrected chi connectivity index (χ3v) is 9.55. The molecule has 0 spiro atoms. The molecule has 0 unspecified atom stereocenters. The predicted molar refractivity (Wildman–Crippen MR) is 112 cm³/mol. The van der Waals surface area contributed by atoms with Crippen LogP contribution in [0.4, 0.5) is 5.13 Å². The van der Waals surface area contributed by atoms with Gasteiger partial charge in [0.15, 0.2) is 5.13 Å². The van der Waals surface area contributed by atoms with E-state index in [2.05, 4.69) is 10.3 Å². The molecule has 1 amide bonds. The van der Waals surface area contributed by atoms with Gasteiger partial charge in [0.2, 0.25) is 5.91 Å². The number of aromatic nitrogens is 1. The summed E-state index contributed by atoms with van der Waals surface area (Å²) in [4.78, 5) is 19.8. The Kier molecular flexibility index (Phi) is 5.34. The number of amides is 1. The van der Waals surface area contributed by atoms with Gasteiger partial charge in [-0.05, 0) is 24.3 Å². The van der Waals surface area contributed by atoms with E-state index in [9.17, 15) is 13.2 Å². The van der Waals surface area contributed by atoms with Gasteiger partial charge in [0, 0.05) is 36.8 Å². The van der Waals surface area contributed by atoms with Crippen molar-refractivity contribution >= 4 is 43.9 Å². The molecule has 1 aliphatic heterocycles. The maximum Gasteiger partial charge on any atom is 0.281 e. The van der Waals surface area contributed by atoms with E-state index < -0.39 is 15.6 Å². The number of nitrogens with one attached hydrogen (secondary N) is 1. The normalized spacial score (nSPS) is 19.7. The van der Waals surface area contributed by atoms with Crippen molar-refractivity contribution in [2.75, 3.05) is 26.0 Å². The van der Waals surface area contributed by atoms with Gasteiger partial charge in [-0.3, -0.25) is 4.79 Å². The molecular weight excluding hydrogens is 416 g/mol. The number of fused-ring (bicyclic) bond motifs is 1. The van der Waals surface area contributed by atoms with Crippen LogP contribution < -0.4 is 5.32 Å². The van der Waals surface area contributed by atoms with Crippen molar-refractivity contribution in [2.45, 2.75) is 44.1 Å². The molecule has 4 rings (SSSR count). The summed E-state index contributed by atoms with van der Waals surface area (Å²) in [6.45, 7) is 0.712. The quantitative estimate of drug-likeness (QED) is 0.775. The lowest BCUT2D eigenvalue weighted by Gasteiger charge is -2.27. The van der Waals surface area contributed by atoms with Crippen molar-refractivity contribution in [1.82, 2.24) is 13.6 Å². The van der Waals surface area contributed by atoms with Crippen LogP contribution in [0.3, 0.4) is 0 Å². The predicted octanol–water partition coefficient (Wildman–Crippen LogP) is 2.82. The van der Waals surface area contributed by atoms with Crippen LogP contribution in [-0.4, -0.2) is 48.6 Å². The molecule has 1 fully saturated rings. The van der Waals surface area contributed by atoms with Crippen molar-refractivity contribution in [1.29, 1.82) is 0 Å². The fourth-order valence-corrected chi connectivity index (χ4v) is 7.14. The van der Waals surface area contributed by atoms with Gasteiger partial charge in [0.1, 0.15) is 0 Å². The Morgan fingerprint density at radius 2 is 2.07 bits per heavy atom. The van der Waals surface area contributed by atoms with Gasteiger partial charge in [-0.2, -0.15) is 17.0 Å². The van der Waals surface area contributed by atoms with E-state index in [1.165, 1.54) is 34.0 Å². The fraction of sp³-hybridized carbons (Fsp3) is 0.556. The molecule has 1 N–H and O–H groups in total. The average Bonchev–Trinajstić information content (AvgIpc) is 3.40. The first kappa shape index (κ1) is 20.0.